The molecule has 110 valence electrons. The van der Waals surface area contributed by atoms with Crippen molar-refractivity contribution in [1.29, 1.82) is 0 Å². The molecule has 0 bridgehead atoms. The van der Waals surface area contributed by atoms with Crippen LogP contribution >= 0.6 is 0 Å². The summed E-state index contributed by atoms with van der Waals surface area (Å²) in [6, 6.07) is 0. The molecule has 0 unspecified atom stereocenters. The molecule has 1 aliphatic heterocycles. The lowest BCUT2D eigenvalue weighted by atomic mass is 9.73. The maximum atomic E-state index is 12.0. The summed E-state index contributed by atoms with van der Waals surface area (Å²) >= 11 is 0. The molecule has 19 heavy (non-hydrogen) atoms. The lowest BCUT2D eigenvalue weighted by Gasteiger charge is -2.44. The molecule has 1 saturated carbocycles. The number of carbonyl (C=O) groups is 1. The van der Waals surface area contributed by atoms with Crippen molar-refractivity contribution < 1.29 is 19.7 Å². The summed E-state index contributed by atoms with van der Waals surface area (Å²) in [6.07, 6.45) is 0.577. The Labute approximate surface area is 114 Å². The van der Waals surface area contributed by atoms with Crippen molar-refractivity contribution in [3.8, 4) is 0 Å². The third kappa shape index (κ3) is 3.60. The summed E-state index contributed by atoms with van der Waals surface area (Å²) < 4.78 is 5.38. The number of hydrogen-bond donors (Lipinski definition) is 2. The van der Waals surface area contributed by atoms with E-state index < -0.39 is 17.8 Å². The number of aliphatic hydroxyl groups is 2. The highest BCUT2D eigenvalue weighted by molar-refractivity contribution is 5.68. The lowest BCUT2D eigenvalue weighted by molar-refractivity contribution is -0.0685. The molecule has 0 spiro atoms. The van der Waals surface area contributed by atoms with Crippen molar-refractivity contribution in [2.75, 3.05) is 13.1 Å². The minimum Gasteiger partial charge on any atom is -0.444 e. The van der Waals surface area contributed by atoms with Gasteiger partial charge in [-0.25, -0.2) is 4.79 Å². The maximum Gasteiger partial charge on any atom is 0.410 e. The van der Waals surface area contributed by atoms with Crippen LogP contribution in [0.4, 0.5) is 4.79 Å². The molecule has 0 radical (unpaired) electrons. The van der Waals surface area contributed by atoms with Gasteiger partial charge < -0.3 is 19.8 Å². The molecule has 0 aromatic rings. The number of fused-ring (bicyclic) bond motifs is 1. The number of carbonyl (C=O) groups excluding carboxylic acids is 1. The second kappa shape index (κ2) is 5.29. The van der Waals surface area contributed by atoms with Crippen molar-refractivity contribution >= 4 is 6.09 Å². The second-order valence-electron chi connectivity index (χ2n) is 6.84. The van der Waals surface area contributed by atoms with Crippen molar-refractivity contribution in [2.45, 2.75) is 57.8 Å². The highest BCUT2D eigenvalue weighted by atomic mass is 16.6. The van der Waals surface area contributed by atoms with E-state index in [1.54, 1.807) is 4.90 Å². The van der Waals surface area contributed by atoms with Gasteiger partial charge in [-0.1, -0.05) is 0 Å². The van der Waals surface area contributed by atoms with E-state index in [0.29, 0.717) is 31.8 Å². The minimum absolute atomic E-state index is 0.272. The summed E-state index contributed by atoms with van der Waals surface area (Å²) in [6.45, 7) is 6.89. The minimum atomic E-state index is -0.653. The van der Waals surface area contributed by atoms with Crippen LogP contribution < -0.4 is 0 Å². The summed E-state index contributed by atoms with van der Waals surface area (Å²) in [5, 5.41) is 19.4. The first-order valence-corrected chi connectivity index (χ1v) is 7.10. The number of rotatable bonds is 0. The van der Waals surface area contributed by atoms with Gasteiger partial charge in [-0.3, -0.25) is 0 Å². The zero-order valence-corrected chi connectivity index (χ0v) is 12.0. The molecule has 1 heterocycles. The fraction of sp³-hybridized carbons (Fsp3) is 0.929. The SMILES string of the molecule is CC(C)(C)OC(=O)N1CC[C@H]2C[C@H](O)[C@H](O)C[C@H]2C1. The largest absolute Gasteiger partial charge is 0.444 e. The zero-order chi connectivity index (χ0) is 14.2. The molecule has 2 rings (SSSR count). The third-order valence-corrected chi connectivity index (χ3v) is 4.08. The van der Waals surface area contributed by atoms with Crippen LogP contribution in [0.15, 0.2) is 0 Å². The molecule has 2 N–H and O–H groups in total. The monoisotopic (exact) mass is 271 g/mol. The number of amides is 1. The highest BCUT2D eigenvalue weighted by Gasteiger charge is 2.40. The lowest BCUT2D eigenvalue weighted by Crippen LogP contribution is -2.50. The van der Waals surface area contributed by atoms with Gasteiger partial charge in [0.05, 0.1) is 12.2 Å². The number of aliphatic hydroxyl groups excluding tert-OH is 2. The van der Waals surface area contributed by atoms with Crippen LogP contribution in [0, 0.1) is 11.8 Å². The van der Waals surface area contributed by atoms with E-state index in [1.807, 2.05) is 20.8 Å². The predicted octanol–water partition coefficient (Wildman–Crippen LogP) is 1.38. The normalized spacial score (nSPS) is 35.7. The van der Waals surface area contributed by atoms with E-state index >= 15 is 0 Å². The Kier molecular flexibility index (Phi) is 4.06. The molecular weight excluding hydrogens is 246 g/mol. The van der Waals surface area contributed by atoms with E-state index in [-0.39, 0.29) is 12.0 Å². The maximum absolute atomic E-state index is 12.0. The average Bonchev–Trinajstić information content (AvgIpc) is 2.27. The number of hydrogen-bond acceptors (Lipinski definition) is 4. The van der Waals surface area contributed by atoms with Crippen molar-refractivity contribution in [3.63, 3.8) is 0 Å². The summed E-state index contributed by atoms with van der Waals surface area (Å²) in [5.41, 5.74) is -0.476. The van der Waals surface area contributed by atoms with Crippen LogP contribution in [0.2, 0.25) is 0 Å². The van der Waals surface area contributed by atoms with Crippen molar-refractivity contribution in [1.82, 2.24) is 4.90 Å². The van der Waals surface area contributed by atoms with Gasteiger partial charge in [0.15, 0.2) is 0 Å². The van der Waals surface area contributed by atoms with Crippen molar-refractivity contribution in [2.24, 2.45) is 11.8 Å². The number of likely N-dealkylation sites (tertiary alicyclic amines) is 1. The van der Waals surface area contributed by atoms with Gasteiger partial charge in [-0.15, -0.1) is 0 Å². The van der Waals surface area contributed by atoms with Crippen LogP contribution in [-0.2, 0) is 4.74 Å². The summed E-state index contributed by atoms with van der Waals surface area (Å²) in [7, 11) is 0. The van der Waals surface area contributed by atoms with Gasteiger partial charge in [-0.05, 0) is 51.9 Å². The number of nitrogens with zero attached hydrogens (tertiary/aromatic N) is 1. The fourth-order valence-electron chi connectivity index (χ4n) is 3.08. The first-order chi connectivity index (χ1) is 8.76. The zero-order valence-electron chi connectivity index (χ0n) is 12.0. The van der Waals surface area contributed by atoms with Gasteiger partial charge in [0.1, 0.15) is 5.60 Å². The Hall–Kier alpha value is -0.810. The smallest absolute Gasteiger partial charge is 0.410 e. The molecule has 0 aromatic carbocycles. The summed E-state index contributed by atoms with van der Waals surface area (Å²) in [5.74, 6) is 0.691. The van der Waals surface area contributed by atoms with Crippen LogP contribution in [0.3, 0.4) is 0 Å². The first kappa shape index (κ1) is 14.6. The number of piperidine rings is 1. The average molecular weight is 271 g/mol. The highest BCUT2D eigenvalue weighted by Crippen LogP contribution is 2.36. The molecule has 2 aliphatic rings. The standard InChI is InChI=1S/C14H25NO4/c1-14(2,3)19-13(18)15-5-4-9-6-11(16)12(17)7-10(9)8-15/h9-12,16-17H,4-8H2,1-3H3/t9-,10-,11-,12+/m0/s1. The Morgan fingerprint density at radius 3 is 2.32 bits per heavy atom. The Morgan fingerprint density at radius 2 is 1.74 bits per heavy atom. The Balaban J connectivity index is 1.93. The van der Waals surface area contributed by atoms with Gasteiger partial charge >= 0.3 is 6.09 Å². The molecule has 1 aliphatic carbocycles. The molecule has 0 aromatic heterocycles. The van der Waals surface area contributed by atoms with Gasteiger partial charge in [0, 0.05) is 13.1 Å². The van der Waals surface area contributed by atoms with E-state index in [1.165, 1.54) is 0 Å². The Morgan fingerprint density at radius 1 is 1.16 bits per heavy atom. The second-order valence-corrected chi connectivity index (χ2v) is 6.84. The Bertz CT molecular complexity index is 339. The fourth-order valence-corrected chi connectivity index (χ4v) is 3.08. The topological polar surface area (TPSA) is 70.0 Å². The van der Waals surface area contributed by atoms with Crippen LogP contribution in [0.25, 0.3) is 0 Å². The summed E-state index contributed by atoms with van der Waals surface area (Å²) in [4.78, 5) is 13.8. The number of ether oxygens (including phenoxy) is 1. The van der Waals surface area contributed by atoms with Crippen LogP contribution in [-0.4, -0.2) is 52.1 Å². The van der Waals surface area contributed by atoms with Crippen LogP contribution in [0.1, 0.15) is 40.0 Å². The van der Waals surface area contributed by atoms with E-state index in [2.05, 4.69) is 0 Å². The molecule has 5 heteroatoms. The first-order valence-electron chi connectivity index (χ1n) is 7.10. The molecule has 2 fully saturated rings. The van der Waals surface area contributed by atoms with Crippen LogP contribution in [0.5, 0.6) is 0 Å². The van der Waals surface area contributed by atoms with Gasteiger partial charge in [-0.2, -0.15) is 0 Å². The van der Waals surface area contributed by atoms with E-state index in [0.717, 1.165) is 6.42 Å². The molecule has 5 nitrogen and oxygen atoms in total. The quantitative estimate of drug-likeness (QED) is 0.698. The molecular formula is C14H25NO4. The van der Waals surface area contributed by atoms with E-state index in [9.17, 15) is 15.0 Å². The molecule has 1 saturated heterocycles. The van der Waals surface area contributed by atoms with Crippen molar-refractivity contribution in [3.05, 3.63) is 0 Å². The van der Waals surface area contributed by atoms with E-state index in [4.69, 9.17) is 4.74 Å². The molecule has 4 atom stereocenters. The predicted molar refractivity (Wildman–Crippen MR) is 70.7 cm³/mol. The molecule has 1 amide bonds. The van der Waals surface area contributed by atoms with Gasteiger partial charge in [0.2, 0.25) is 0 Å². The third-order valence-electron chi connectivity index (χ3n) is 4.08. The van der Waals surface area contributed by atoms with Gasteiger partial charge in [0.25, 0.3) is 0 Å².